The van der Waals surface area contributed by atoms with E-state index in [-0.39, 0.29) is 5.91 Å². The van der Waals surface area contributed by atoms with Crippen LogP contribution in [0.25, 0.3) is 0 Å². The second-order valence-corrected chi connectivity index (χ2v) is 3.26. The van der Waals surface area contributed by atoms with Gasteiger partial charge in [-0.25, -0.2) is 0 Å². The number of carbonyl (C=O) groups excluding carboxylic acids is 1. The maximum Gasteiger partial charge on any atom is 0.491 e. The normalized spacial score (nSPS) is 12.6. The molecule has 0 bridgehead atoms. The first kappa shape index (κ1) is 12.7. The molecule has 0 unspecified atom stereocenters. The second kappa shape index (κ2) is 5.68. The monoisotopic (exact) mass is 221 g/mol. The third-order valence-corrected chi connectivity index (χ3v) is 2.13. The molecular formula is C11H16BNO3. The predicted molar refractivity (Wildman–Crippen MR) is 64.5 cm³/mol. The van der Waals surface area contributed by atoms with E-state index in [4.69, 9.17) is 4.65 Å². The van der Waals surface area contributed by atoms with Crippen molar-refractivity contribution in [3.63, 3.8) is 0 Å². The topological polar surface area (TPSA) is 58.6 Å². The molecule has 0 aromatic heterocycles. The molecule has 1 aliphatic heterocycles. The van der Waals surface area contributed by atoms with Gasteiger partial charge < -0.3 is 15.0 Å². The molecule has 1 aromatic carbocycles. The number of hydrogen-bond donors (Lipinski definition) is 2. The number of rotatable bonds is 1. The van der Waals surface area contributed by atoms with Crippen molar-refractivity contribution in [3.8, 4) is 0 Å². The van der Waals surface area contributed by atoms with E-state index >= 15 is 0 Å². The quantitative estimate of drug-likeness (QED) is 0.692. The maximum atomic E-state index is 10.8. The van der Waals surface area contributed by atoms with Crippen molar-refractivity contribution in [2.75, 3.05) is 5.32 Å². The molecule has 1 aliphatic rings. The van der Waals surface area contributed by atoms with E-state index in [0.717, 1.165) is 11.0 Å². The van der Waals surface area contributed by atoms with Crippen molar-refractivity contribution in [1.29, 1.82) is 0 Å². The Balaban J connectivity index is 0.000000606. The number of fused-ring (bicyclic) bond motifs is 1. The Morgan fingerprint density at radius 2 is 2.19 bits per heavy atom. The first-order chi connectivity index (χ1) is 7.66. The Morgan fingerprint density at radius 3 is 2.81 bits per heavy atom. The zero-order chi connectivity index (χ0) is 12.1. The molecule has 5 heteroatoms. The lowest BCUT2D eigenvalue weighted by molar-refractivity contribution is -0.114. The third kappa shape index (κ3) is 2.84. The molecule has 0 fully saturated rings. The van der Waals surface area contributed by atoms with Crippen LogP contribution < -0.4 is 10.8 Å². The van der Waals surface area contributed by atoms with Crippen LogP contribution in [0.15, 0.2) is 18.2 Å². The average molecular weight is 221 g/mol. The highest BCUT2D eigenvalue weighted by Crippen LogP contribution is 2.14. The minimum atomic E-state index is -0.862. The van der Waals surface area contributed by atoms with Crippen LogP contribution in [0.1, 0.15) is 26.3 Å². The van der Waals surface area contributed by atoms with Gasteiger partial charge in [-0.15, -0.1) is 0 Å². The number of hydrogen-bond acceptors (Lipinski definition) is 3. The number of benzene rings is 1. The van der Waals surface area contributed by atoms with E-state index < -0.39 is 7.12 Å². The van der Waals surface area contributed by atoms with E-state index in [9.17, 15) is 9.82 Å². The molecule has 0 spiro atoms. The molecule has 0 saturated carbocycles. The number of nitrogens with one attached hydrogen (secondary N) is 1. The average Bonchev–Trinajstić information content (AvgIpc) is 2.63. The lowest BCUT2D eigenvalue weighted by Gasteiger charge is -2.04. The summed E-state index contributed by atoms with van der Waals surface area (Å²) in [5, 5.41) is 12.1. The smallest absolute Gasteiger partial charge is 0.423 e. The van der Waals surface area contributed by atoms with Gasteiger partial charge in [0.15, 0.2) is 0 Å². The van der Waals surface area contributed by atoms with E-state index in [1.165, 1.54) is 6.92 Å². The van der Waals surface area contributed by atoms with Gasteiger partial charge in [0.2, 0.25) is 5.91 Å². The fraction of sp³-hybridized carbons (Fsp3) is 0.364. The van der Waals surface area contributed by atoms with Crippen molar-refractivity contribution in [1.82, 2.24) is 0 Å². The first-order valence-corrected chi connectivity index (χ1v) is 5.37. The van der Waals surface area contributed by atoms with Crippen molar-refractivity contribution in [2.24, 2.45) is 0 Å². The van der Waals surface area contributed by atoms with Crippen LogP contribution >= 0.6 is 0 Å². The summed E-state index contributed by atoms with van der Waals surface area (Å²) in [6.07, 6.45) is 0. The molecule has 2 rings (SSSR count). The molecule has 4 nitrogen and oxygen atoms in total. The number of carbonyl (C=O) groups is 1. The summed E-state index contributed by atoms with van der Waals surface area (Å²) in [6.45, 7) is 5.87. The van der Waals surface area contributed by atoms with Crippen molar-refractivity contribution >= 4 is 24.2 Å². The molecule has 86 valence electrons. The lowest BCUT2D eigenvalue weighted by Crippen LogP contribution is -2.28. The van der Waals surface area contributed by atoms with E-state index in [2.05, 4.69) is 5.32 Å². The van der Waals surface area contributed by atoms with Gasteiger partial charge in [-0.3, -0.25) is 4.79 Å². The Hall–Kier alpha value is -1.33. The third-order valence-electron chi connectivity index (χ3n) is 2.13. The van der Waals surface area contributed by atoms with Crippen LogP contribution in [0, 0.1) is 0 Å². The van der Waals surface area contributed by atoms with E-state index in [1.54, 1.807) is 12.1 Å². The highest BCUT2D eigenvalue weighted by Gasteiger charge is 2.27. The fourth-order valence-corrected chi connectivity index (χ4v) is 1.50. The molecular weight excluding hydrogens is 205 g/mol. The predicted octanol–water partition coefficient (Wildman–Crippen LogP) is 0.889. The van der Waals surface area contributed by atoms with Crippen molar-refractivity contribution in [2.45, 2.75) is 27.4 Å². The zero-order valence-corrected chi connectivity index (χ0v) is 9.78. The summed E-state index contributed by atoms with van der Waals surface area (Å²) < 4.78 is 5.03. The van der Waals surface area contributed by atoms with Crippen LogP contribution in [0.3, 0.4) is 0 Å². The standard InChI is InChI=1S/C9H10BNO3.C2H6/c1-6(12)11-8-3-2-7-5-14-10(13)9(7)4-8;1-2/h2-4,13H,5H2,1H3,(H,11,12);1-2H3. The Labute approximate surface area is 95.8 Å². The van der Waals surface area contributed by atoms with Gasteiger partial charge in [-0.05, 0) is 23.2 Å². The summed E-state index contributed by atoms with van der Waals surface area (Å²) in [5.74, 6) is -0.127. The van der Waals surface area contributed by atoms with Crippen molar-refractivity contribution < 1.29 is 14.5 Å². The van der Waals surface area contributed by atoms with Crippen LogP contribution in [0.5, 0.6) is 0 Å². The molecule has 1 amide bonds. The lowest BCUT2D eigenvalue weighted by atomic mass is 9.79. The van der Waals surface area contributed by atoms with Crippen molar-refractivity contribution in [3.05, 3.63) is 23.8 Å². The number of amides is 1. The summed E-state index contributed by atoms with van der Waals surface area (Å²) in [4.78, 5) is 10.8. The van der Waals surface area contributed by atoms with Crippen LogP contribution in [-0.2, 0) is 16.1 Å². The molecule has 16 heavy (non-hydrogen) atoms. The summed E-state index contributed by atoms with van der Waals surface area (Å²) in [7, 11) is -0.862. The molecule has 0 aliphatic carbocycles. The summed E-state index contributed by atoms with van der Waals surface area (Å²) >= 11 is 0. The zero-order valence-electron chi connectivity index (χ0n) is 9.78. The highest BCUT2D eigenvalue weighted by molar-refractivity contribution is 6.61. The highest BCUT2D eigenvalue weighted by atomic mass is 16.5. The van der Waals surface area contributed by atoms with Crippen LogP contribution in [0.4, 0.5) is 5.69 Å². The minimum Gasteiger partial charge on any atom is -0.423 e. The Bertz CT molecular complexity index is 381. The minimum absolute atomic E-state index is 0.127. The molecule has 1 heterocycles. The summed E-state index contributed by atoms with van der Waals surface area (Å²) in [5.41, 5.74) is 2.38. The molecule has 0 atom stereocenters. The van der Waals surface area contributed by atoms with Gasteiger partial charge in [-0.1, -0.05) is 19.9 Å². The molecule has 2 N–H and O–H groups in total. The molecule has 0 radical (unpaired) electrons. The van der Waals surface area contributed by atoms with Gasteiger partial charge in [-0.2, -0.15) is 0 Å². The maximum absolute atomic E-state index is 10.8. The van der Waals surface area contributed by atoms with Crippen LogP contribution in [0.2, 0.25) is 0 Å². The van der Waals surface area contributed by atoms with Gasteiger partial charge in [0.1, 0.15) is 0 Å². The fourth-order valence-electron chi connectivity index (χ4n) is 1.50. The van der Waals surface area contributed by atoms with Gasteiger partial charge in [0.25, 0.3) is 0 Å². The molecule has 1 aromatic rings. The number of anilines is 1. The van der Waals surface area contributed by atoms with E-state index in [0.29, 0.717) is 12.3 Å². The Morgan fingerprint density at radius 1 is 1.50 bits per heavy atom. The SMILES string of the molecule is CC.CC(=O)Nc1ccc2c(c1)B(O)OC2. The van der Waals surface area contributed by atoms with E-state index in [1.807, 2.05) is 19.9 Å². The summed E-state index contributed by atoms with van der Waals surface area (Å²) in [6, 6.07) is 5.37. The van der Waals surface area contributed by atoms with Gasteiger partial charge in [0.05, 0.1) is 6.61 Å². The second-order valence-electron chi connectivity index (χ2n) is 3.26. The largest absolute Gasteiger partial charge is 0.491 e. The van der Waals surface area contributed by atoms with Gasteiger partial charge in [0, 0.05) is 12.6 Å². The Kier molecular flexibility index (Phi) is 4.52. The van der Waals surface area contributed by atoms with Gasteiger partial charge >= 0.3 is 7.12 Å². The first-order valence-electron chi connectivity index (χ1n) is 5.37. The van der Waals surface area contributed by atoms with Crippen LogP contribution in [-0.4, -0.2) is 18.0 Å². The molecule has 0 saturated heterocycles.